The smallest absolute Gasteiger partial charge is 0.163 e. The lowest BCUT2D eigenvalue weighted by atomic mass is 10.0. The normalized spacial score (nSPS) is 10.3. The zero-order valence-electron chi connectivity index (χ0n) is 10.4. The number of carbonyl (C=O) groups excluding carboxylic acids is 1. The van der Waals surface area contributed by atoms with Crippen LogP contribution in [0.5, 0.6) is 5.75 Å². The molecule has 2 aromatic carbocycles. The summed E-state index contributed by atoms with van der Waals surface area (Å²) in [6.45, 7) is 1.97. The molecule has 92 valence electrons. The van der Waals surface area contributed by atoms with Crippen molar-refractivity contribution < 1.29 is 9.90 Å². The molecule has 0 heterocycles. The Morgan fingerprint density at radius 3 is 2.61 bits per heavy atom. The summed E-state index contributed by atoms with van der Waals surface area (Å²) >= 11 is 0. The average Bonchev–Trinajstić information content (AvgIpc) is 2.37. The summed E-state index contributed by atoms with van der Waals surface area (Å²) in [5.41, 5.74) is 2.65. The number of para-hydroxylation sites is 1. The van der Waals surface area contributed by atoms with E-state index in [1.807, 2.05) is 43.3 Å². The van der Waals surface area contributed by atoms with Crippen LogP contribution in [0.1, 0.15) is 27.9 Å². The van der Waals surface area contributed by atoms with Crippen molar-refractivity contribution in [1.82, 2.24) is 0 Å². The molecule has 0 bridgehead atoms. The Kier molecular flexibility index (Phi) is 3.78. The molecular weight excluding hydrogens is 224 g/mol. The summed E-state index contributed by atoms with van der Waals surface area (Å²) in [6, 6.07) is 14.7. The lowest BCUT2D eigenvalue weighted by Crippen LogP contribution is -2.01. The molecular formula is C16H16O2. The van der Waals surface area contributed by atoms with Crippen molar-refractivity contribution in [3.8, 4) is 5.75 Å². The number of carbonyl (C=O) groups is 1. The topological polar surface area (TPSA) is 37.3 Å². The van der Waals surface area contributed by atoms with Crippen LogP contribution < -0.4 is 0 Å². The molecule has 18 heavy (non-hydrogen) atoms. The monoisotopic (exact) mass is 240 g/mol. The predicted molar refractivity (Wildman–Crippen MR) is 71.9 cm³/mol. The summed E-state index contributed by atoms with van der Waals surface area (Å²) in [4.78, 5) is 12.0. The van der Waals surface area contributed by atoms with E-state index in [1.165, 1.54) is 0 Å². The van der Waals surface area contributed by atoms with Crippen molar-refractivity contribution >= 4 is 5.78 Å². The molecule has 0 aliphatic rings. The van der Waals surface area contributed by atoms with Crippen LogP contribution in [0.4, 0.5) is 0 Å². The van der Waals surface area contributed by atoms with Crippen molar-refractivity contribution in [1.29, 1.82) is 0 Å². The van der Waals surface area contributed by atoms with Crippen LogP contribution in [0.15, 0.2) is 48.5 Å². The molecule has 0 saturated carbocycles. The highest BCUT2D eigenvalue weighted by Gasteiger charge is 2.07. The molecule has 2 nitrogen and oxygen atoms in total. The molecule has 0 unspecified atom stereocenters. The highest BCUT2D eigenvalue weighted by molar-refractivity contribution is 5.96. The molecule has 0 aromatic heterocycles. The Morgan fingerprint density at radius 1 is 1.11 bits per heavy atom. The molecule has 2 rings (SSSR count). The van der Waals surface area contributed by atoms with Gasteiger partial charge in [0.25, 0.3) is 0 Å². The first kappa shape index (κ1) is 12.4. The van der Waals surface area contributed by atoms with Crippen LogP contribution in [0.2, 0.25) is 0 Å². The standard InChI is InChI=1S/C16H16O2/c1-12-5-4-7-14(11-12)16(18)10-9-13-6-2-3-8-15(13)17/h2-8,11,17H,9-10H2,1H3. The maximum Gasteiger partial charge on any atom is 0.163 e. The third kappa shape index (κ3) is 2.98. The average molecular weight is 240 g/mol. The minimum atomic E-state index is 0.113. The van der Waals surface area contributed by atoms with E-state index in [2.05, 4.69) is 0 Å². The van der Waals surface area contributed by atoms with Gasteiger partial charge in [-0.15, -0.1) is 0 Å². The number of aromatic hydroxyl groups is 1. The number of phenols is 1. The molecule has 0 saturated heterocycles. The van der Waals surface area contributed by atoms with Crippen LogP contribution >= 0.6 is 0 Å². The second-order valence-corrected chi connectivity index (χ2v) is 4.42. The lowest BCUT2D eigenvalue weighted by molar-refractivity contribution is 0.0982. The van der Waals surface area contributed by atoms with E-state index in [4.69, 9.17) is 0 Å². The van der Waals surface area contributed by atoms with Crippen molar-refractivity contribution in [2.45, 2.75) is 19.8 Å². The van der Waals surface area contributed by atoms with Crippen molar-refractivity contribution in [2.75, 3.05) is 0 Å². The van der Waals surface area contributed by atoms with Crippen LogP contribution in [0, 0.1) is 6.92 Å². The summed E-state index contributed by atoms with van der Waals surface area (Å²) in [7, 11) is 0. The minimum absolute atomic E-state index is 0.113. The Labute approximate surface area is 107 Å². The van der Waals surface area contributed by atoms with Gasteiger partial charge in [-0.25, -0.2) is 0 Å². The minimum Gasteiger partial charge on any atom is -0.508 e. The molecule has 0 spiro atoms. The van der Waals surface area contributed by atoms with E-state index < -0.39 is 0 Å². The van der Waals surface area contributed by atoms with Crippen molar-refractivity contribution in [2.24, 2.45) is 0 Å². The van der Waals surface area contributed by atoms with Crippen LogP contribution in [0.25, 0.3) is 0 Å². The third-order valence-corrected chi connectivity index (χ3v) is 2.95. The number of aryl methyl sites for hydroxylation is 2. The van der Waals surface area contributed by atoms with Gasteiger partial charge in [0, 0.05) is 12.0 Å². The first-order valence-corrected chi connectivity index (χ1v) is 6.03. The maximum atomic E-state index is 12.0. The molecule has 0 aliphatic heterocycles. The predicted octanol–water partition coefficient (Wildman–Crippen LogP) is 3.52. The van der Waals surface area contributed by atoms with Gasteiger partial charge in [0.15, 0.2) is 5.78 Å². The van der Waals surface area contributed by atoms with Crippen molar-refractivity contribution in [3.63, 3.8) is 0 Å². The number of hydrogen-bond acceptors (Lipinski definition) is 2. The molecule has 0 fully saturated rings. The van der Waals surface area contributed by atoms with Gasteiger partial charge < -0.3 is 5.11 Å². The van der Waals surface area contributed by atoms with Crippen LogP contribution in [0.3, 0.4) is 0 Å². The lowest BCUT2D eigenvalue weighted by Gasteiger charge is -2.04. The Bertz CT molecular complexity index is 559. The fraction of sp³-hybridized carbons (Fsp3) is 0.188. The largest absolute Gasteiger partial charge is 0.508 e. The highest BCUT2D eigenvalue weighted by atomic mass is 16.3. The summed E-state index contributed by atoms with van der Waals surface area (Å²) in [5.74, 6) is 0.372. The number of ketones is 1. The van der Waals surface area contributed by atoms with E-state index in [0.29, 0.717) is 12.8 Å². The van der Waals surface area contributed by atoms with Crippen molar-refractivity contribution in [3.05, 3.63) is 65.2 Å². The SMILES string of the molecule is Cc1cccc(C(=O)CCc2ccccc2O)c1. The van der Waals surface area contributed by atoms with Gasteiger partial charge in [0.2, 0.25) is 0 Å². The van der Waals surface area contributed by atoms with Gasteiger partial charge in [-0.1, -0.05) is 42.0 Å². The second-order valence-electron chi connectivity index (χ2n) is 4.42. The van der Waals surface area contributed by atoms with Gasteiger partial charge >= 0.3 is 0 Å². The molecule has 2 aromatic rings. The quantitative estimate of drug-likeness (QED) is 0.830. The van der Waals surface area contributed by atoms with E-state index in [9.17, 15) is 9.90 Å². The summed E-state index contributed by atoms with van der Waals surface area (Å²) in [6.07, 6.45) is 0.987. The Balaban J connectivity index is 2.03. The zero-order chi connectivity index (χ0) is 13.0. The van der Waals surface area contributed by atoms with E-state index in [0.717, 1.165) is 16.7 Å². The number of Topliss-reactive ketones (excluding diaryl/α,β-unsaturated/α-hetero) is 1. The second kappa shape index (κ2) is 5.50. The van der Waals surface area contributed by atoms with E-state index in [1.54, 1.807) is 12.1 Å². The molecule has 0 atom stereocenters. The molecule has 2 heteroatoms. The fourth-order valence-corrected chi connectivity index (χ4v) is 1.93. The number of phenolic OH excluding ortho intramolecular Hbond substituents is 1. The summed E-state index contributed by atoms with van der Waals surface area (Å²) < 4.78 is 0. The highest BCUT2D eigenvalue weighted by Crippen LogP contribution is 2.18. The van der Waals surface area contributed by atoms with Gasteiger partial charge in [0.05, 0.1) is 0 Å². The van der Waals surface area contributed by atoms with E-state index >= 15 is 0 Å². The van der Waals surface area contributed by atoms with Gasteiger partial charge in [-0.05, 0) is 31.0 Å². The van der Waals surface area contributed by atoms with Gasteiger partial charge in [0.1, 0.15) is 5.75 Å². The van der Waals surface area contributed by atoms with Gasteiger partial charge in [-0.3, -0.25) is 4.79 Å². The number of hydrogen-bond donors (Lipinski definition) is 1. The fourth-order valence-electron chi connectivity index (χ4n) is 1.93. The molecule has 0 aliphatic carbocycles. The molecule has 0 amide bonds. The maximum absolute atomic E-state index is 12.0. The first-order valence-electron chi connectivity index (χ1n) is 6.03. The van der Waals surface area contributed by atoms with E-state index in [-0.39, 0.29) is 11.5 Å². The van der Waals surface area contributed by atoms with Gasteiger partial charge in [-0.2, -0.15) is 0 Å². The number of rotatable bonds is 4. The van der Waals surface area contributed by atoms with Crippen LogP contribution in [-0.2, 0) is 6.42 Å². The first-order chi connectivity index (χ1) is 8.66. The molecule has 0 radical (unpaired) electrons. The Morgan fingerprint density at radius 2 is 1.89 bits per heavy atom. The Hall–Kier alpha value is -2.09. The van der Waals surface area contributed by atoms with Crippen LogP contribution in [-0.4, -0.2) is 10.9 Å². The third-order valence-electron chi connectivity index (χ3n) is 2.95. The molecule has 1 N–H and O–H groups in total. The zero-order valence-corrected chi connectivity index (χ0v) is 10.4. The summed E-state index contributed by atoms with van der Waals surface area (Å²) in [5, 5.41) is 9.63. The number of benzene rings is 2.